The van der Waals surface area contributed by atoms with Crippen molar-refractivity contribution in [2.24, 2.45) is 4.99 Å². The van der Waals surface area contributed by atoms with Gasteiger partial charge in [-0.05, 0) is 0 Å². The molecule has 2 amide bonds. The fourth-order valence-corrected chi connectivity index (χ4v) is 0.797. The smallest absolute Gasteiger partial charge is 0.268 e. The SMILES string of the molecule is CC(=O)NC1=NC(=O)CN1C.[HH]. The molecular weight excluding hydrogens is 146 g/mol. The number of carbonyl (C=O) groups is 2. The number of likely N-dealkylation sites (N-methyl/N-ethyl adjacent to an activating group) is 1. The molecule has 0 saturated carbocycles. The molecule has 62 valence electrons. The monoisotopic (exact) mass is 157 g/mol. The van der Waals surface area contributed by atoms with E-state index >= 15 is 0 Å². The summed E-state index contributed by atoms with van der Waals surface area (Å²) in [6.45, 7) is 1.62. The van der Waals surface area contributed by atoms with Gasteiger partial charge in [0.05, 0.1) is 0 Å². The highest BCUT2D eigenvalue weighted by molar-refractivity contribution is 6.06. The van der Waals surface area contributed by atoms with Gasteiger partial charge in [0.25, 0.3) is 5.91 Å². The zero-order valence-electron chi connectivity index (χ0n) is 6.42. The van der Waals surface area contributed by atoms with Crippen molar-refractivity contribution < 1.29 is 11.0 Å². The third-order valence-corrected chi connectivity index (χ3v) is 1.25. The molecule has 0 aromatic heterocycles. The Hall–Kier alpha value is -1.39. The summed E-state index contributed by atoms with van der Waals surface area (Å²) >= 11 is 0. The van der Waals surface area contributed by atoms with Crippen molar-refractivity contribution in [3.63, 3.8) is 0 Å². The maximum atomic E-state index is 10.7. The number of carbonyl (C=O) groups excluding carboxylic acids is 2. The lowest BCUT2D eigenvalue weighted by atomic mass is 10.6. The number of rotatable bonds is 0. The summed E-state index contributed by atoms with van der Waals surface area (Å²) in [5.74, 6) is -0.107. The Labute approximate surface area is 65.6 Å². The van der Waals surface area contributed by atoms with Crippen molar-refractivity contribution in [3.8, 4) is 0 Å². The Bertz CT molecular complexity index is 239. The van der Waals surface area contributed by atoms with E-state index in [0.717, 1.165) is 0 Å². The number of hydrogen-bond acceptors (Lipinski definition) is 3. The van der Waals surface area contributed by atoms with Gasteiger partial charge >= 0.3 is 0 Å². The van der Waals surface area contributed by atoms with Gasteiger partial charge in [-0.25, -0.2) is 0 Å². The molecule has 0 atom stereocenters. The molecule has 1 aliphatic heterocycles. The molecule has 1 aliphatic rings. The predicted octanol–water partition coefficient (Wildman–Crippen LogP) is -0.803. The summed E-state index contributed by atoms with van der Waals surface area (Å²) in [5, 5.41) is 2.44. The van der Waals surface area contributed by atoms with Gasteiger partial charge in [-0.2, -0.15) is 4.99 Å². The van der Waals surface area contributed by atoms with E-state index in [4.69, 9.17) is 0 Å². The molecule has 0 bridgehead atoms. The van der Waals surface area contributed by atoms with Crippen LogP contribution in [-0.2, 0) is 9.59 Å². The maximum Gasteiger partial charge on any atom is 0.268 e. The summed E-state index contributed by atoms with van der Waals surface area (Å²) < 4.78 is 0. The average Bonchev–Trinajstić information content (AvgIpc) is 2.09. The van der Waals surface area contributed by atoms with Crippen molar-refractivity contribution in [2.75, 3.05) is 13.6 Å². The first-order valence-corrected chi connectivity index (χ1v) is 3.20. The Morgan fingerprint density at radius 3 is 2.82 bits per heavy atom. The Balaban J connectivity index is 0.00000121. The van der Waals surface area contributed by atoms with Crippen molar-refractivity contribution in [3.05, 3.63) is 0 Å². The summed E-state index contributed by atoms with van der Waals surface area (Å²) in [7, 11) is 1.69. The normalized spacial score (nSPS) is 16.7. The molecule has 1 heterocycles. The topological polar surface area (TPSA) is 61.8 Å². The Morgan fingerprint density at radius 1 is 1.82 bits per heavy atom. The zero-order chi connectivity index (χ0) is 8.43. The van der Waals surface area contributed by atoms with E-state index in [1.807, 2.05) is 0 Å². The number of aliphatic imine (C=N–C) groups is 1. The molecule has 0 unspecified atom stereocenters. The molecule has 5 nitrogen and oxygen atoms in total. The lowest BCUT2D eigenvalue weighted by Gasteiger charge is -2.11. The van der Waals surface area contributed by atoms with Crippen LogP contribution in [0.4, 0.5) is 0 Å². The minimum absolute atomic E-state index is 0. The maximum absolute atomic E-state index is 10.7. The lowest BCUT2D eigenvalue weighted by Crippen LogP contribution is -2.38. The van der Waals surface area contributed by atoms with E-state index in [9.17, 15) is 9.59 Å². The van der Waals surface area contributed by atoms with E-state index in [2.05, 4.69) is 10.3 Å². The first kappa shape index (κ1) is 7.71. The molecule has 0 spiro atoms. The Kier molecular flexibility index (Phi) is 1.89. The number of guanidine groups is 1. The van der Waals surface area contributed by atoms with Crippen LogP contribution in [-0.4, -0.2) is 36.3 Å². The van der Waals surface area contributed by atoms with Crippen LogP contribution >= 0.6 is 0 Å². The molecule has 0 fully saturated rings. The molecule has 0 saturated heterocycles. The van der Waals surface area contributed by atoms with Gasteiger partial charge in [-0.1, -0.05) is 0 Å². The van der Waals surface area contributed by atoms with Gasteiger partial charge in [-0.15, -0.1) is 0 Å². The second-order valence-electron chi connectivity index (χ2n) is 2.37. The minimum Gasteiger partial charge on any atom is -0.336 e. The van der Waals surface area contributed by atoms with Crippen molar-refractivity contribution in [1.29, 1.82) is 0 Å². The first-order chi connectivity index (χ1) is 5.09. The molecule has 5 heteroatoms. The van der Waals surface area contributed by atoms with Gasteiger partial charge in [0.1, 0.15) is 6.54 Å². The van der Waals surface area contributed by atoms with E-state index < -0.39 is 0 Å². The van der Waals surface area contributed by atoms with Gasteiger partial charge in [0.2, 0.25) is 11.9 Å². The molecule has 1 rings (SSSR count). The van der Waals surface area contributed by atoms with Crippen LogP contribution in [0.1, 0.15) is 8.35 Å². The van der Waals surface area contributed by atoms with Gasteiger partial charge < -0.3 is 4.90 Å². The number of nitrogens with one attached hydrogen (secondary N) is 1. The zero-order valence-corrected chi connectivity index (χ0v) is 6.42. The van der Waals surface area contributed by atoms with Gasteiger partial charge in [0, 0.05) is 15.4 Å². The van der Waals surface area contributed by atoms with E-state index in [1.165, 1.54) is 6.92 Å². The quantitative estimate of drug-likeness (QED) is 0.500. The van der Waals surface area contributed by atoms with Crippen molar-refractivity contribution >= 4 is 17.8 Å². The van der Waals surface area contributed by atoms with Crippen LogP contribution in [0.15, 0.2) is 4.99 Å². The highest BCUT2D eigenvalue weighted by atomic mass is 16.2. The predicted molar refractivity (Wildman–Crippen MR) is 41.0 cm³/mol. The van der Waals surface area contributed by atoms with Crippen LogP contribution < -0.4 is 5.32 Å². The van der Waals surface area contributed by atoms with Crippen LogP contribution in [0.2, 0.25) is 0 Å². The molecule has 0 radical (unpaired) electrons. The number of nitrogens with zero attached hydrogens (tertiary/aromatic N) is 2. The van der Waals surface area contributed by atoms with Crippen LogP contribution in [0.3, 0.4) is 0 Å². The second-order valence-corrected chi connectivity index (χ2v) is 2.37. The molecule has 0 aromatic carbocycles. The molecule has 0 aliphatic carbocycles. The summed E-state index contributed by atoms with van der Waals surface area (Å²) in [5.41, 5.74) is 0. The highest BCUT2D eigenvalue weighted by Crippen LogP contribution is 1.96. The standard InChI is InChI=1S/C6H9N3O2.H2/c1-4(10)7-6-8-5(11)3-9(6)2;/h3H2,1-2H3,(H,7,8,10,11);1H. The Morgan fingerprint density at radius 2 is 2.45 bits per heavy atom. The molecular formula is C6H11N3O2. The number of amides is 2. The largest absolute Gasteiger partial charge is 0.336 e. The van der Waals surface area contributed by atoms with E-state index in [0.29, 0.717) is 5.96 Å². The highest BCUT2D eigenvalue weighted by Gasteiger charge is 2.19. The van der Waals surface area contributed by atoms with Crippen molar-refractivity contribution in [2.45, 2.75) is 6.92 Å². The average molecular weight is 157 g/mol. The molecule has 11 heavy (non-hydrogen) atoms. The fraction of sp³-hybridized carbons (Fsp3) is 0.500. The summed E-state index contributed by atoms with van der Waals surface area (Å²) in [6.07, 6.45) is 0. The van der Waals surface area contributed by atoms with E-state index in [-0.39, 0.29) is 19.8 Å². The molecule has 0 aromatic rings. The van der Waals surface area contributed by atoms with Gasteiger partial charge in [-0.3, -0.25) is 14.9 Å². The van der Waals surface area contributed by atoms with Crippen LogP contribution in [0.5, 0.6) is 0 Å². The first-order valence-electron chi connectivity index (χ1n) is 3.20. The second kappa shape index (κ2) is 2.69. The lowest BCUT2D eigenvalue weighted by molar-refractivity contribution is -0.118. The minimum atomic E-state index is -0.226. The van der Waals surface area contributed by atoms with Crippen molar-refractivity contribution in [1.82, 2.24) is 10.2 Å². The van der Waals surface area contributed by atoms with E-state index in [1.54, 1.807) is 11.9 Å². The van der Waals surface area contributed by atoms with Gasteiger partial charge in [0.15, 0.2) is 0 Å². The summed E-state index contributed by atoms with van der Waals surface area (Å²) in [4.78, 5) is 26.4. The van der Waals surface area contributed by atoms with Crippen LogP contribution in [0.25, 0.3) is 0 Å². The summed E-state index contributed by atoms with van der Waals surface area (Å²) in [6, 6.07) is 0. The fourth-order valence-electron chi connectivity index (χ4n) is 0.797. The van der Waals surface area contributed by atoms with Crippen LogP contribution in [0, 0.1) is 0 Å². The number of hydrogen-bond donors (Lipinski definition) is 1. The molecule has 1 N–H and O–H groups in total. The third-order valence-electron chi connectivity index (χ3n) is 1.25. The third kappa shape index (κ3) is 1.76.